The summed E-state index contributed by atoms with van der Waals surface area (Å²) in [5, 5.41) is 8.03. The van der Waals surface area contributed by atoms with Gasteiger partial charge in [-0.25, -0.2) is 0 Å². The van der Waals surface area contributed by atoms with Gasteiger partial charge in [0.25, 0.3) is 5.91 Å². The van der Waals surface area contributed by atoms with Gasteiger partial charge in [0, 0.05) is 13.0 Å². The number of aryl methyl sites for hydroxylation is 2. The Labute approximate surface area is 126 Å². The lowest BCUT2D eigenvalue weighted by Gasteiger charge is -2.21. The molecule has 0 spiro atoms. The van der Waals surface area contributed by atoms with Gasteiger partial charge in [-0.05, 0) is 30.8 Å². The van der Waals surface area contributed by atoms with Crippen molar-refractivity contribution in [2.45, 2.75) is 45.6 Å². The van der Waals surface area contributed by atoms with Crippen LogP contribution < -0.4 is 0 Å². The topological polar surface area (TPSA) is 85.0 Å². The molecule has 1 saturated heterocycles. The Kier molecular flexibility index (Phi) is 3.96. The van der Waals surface area contributed by atoms with E-state index in [0.29, 0.717) is 36.0 Å². The number of likely N-dealkylation sites (tertiary alicyclic amines) is 1. The quantitative estimate of drug-likeness (QED) is 0.859. The molecule has 0 unspecified atom stereocenters. The Morgan fingerprint density at radius 3 is 3.00 bits per heavy atom. The highest BCUT2D eigenvalue weighted by Crippen LogP contribution is 2.32. The van der Waals surface area contributed by atoms with Crippen molar-refractivity contribution in [3.05, 3.63) is 22.3 Å². The lowest BCUT2D eigenvalue weighted by molar-refractivity contribution is 0.0732. The van der Waals surface area contributed by atoms with Crippen LogP contribution in [0.2, 0.25) is 0 Å². The molecule has 7 nitrogen and oxygen atoms in total. The van der Waals surface area contributed by atoms with Crippen molar-refractivity contribution < 1.29 is 9.32 Å². The molecule has 8 heteroatoms. The van der Waals surface area contributed by atoms with E-state index in [0.717, 1.165) is 30.1 Å². The van der Waals surface area contributed by atoms with E-state index in [-0.39, 0.29) is 11.9 Å². The van der Waals surface area contributed by atoms with Gasteiger partial charge >= 0.3 is 0 Å². The third-order valence-electron chi connectivity index (χ3n) is 3.68. The summed E-state index contributed by atoms with van der Waals surface area (Å²) in [6.45, 7) is 4.65. The normalized spacial score (nSPS) is 18.4. The molecule has 0 radical (unpaired) electrons. The third-order valence-corrected chi connectivity index (χ3v) is 4.44. The Bertz CT molecular complexity index is 638. The van der Waals surface area contributed by atoms with Crippen LogP contribution in [-0.2, 0) is 12.8 Å². The van der Waals surface area contributed by atoms with Gasteiger partial charge < -0.3 is 9.42 Å². The smallest absolute Gasteiger partial charge is 0.268 e. The molecule has 0 N–H and O–H groups in total. The van der Waals surface area contributed by atoms with Crippen LogP contribution in [0, 0.1) is 0 Å². The standard InChI is InChI=1S/C13H17N5O2S/c1-3-8-11(21-17-15-8)13(19)18-7-5-6-9(18)12-14-10(4-2)20-16-12/h9H,3-7H2,1-2H3/t9-/m1/s1. The van der Waals surface area contributed by atoms with Crippen molar-refractivity contribution in [2.75, 3.05) is 6.54 Å². The van der Waals surface area contributed by atoms with E-state index >= 15 is 0 Å². The van der Waals surface area contributed by atoms with Gasteiger partial charge in [0.1, 0.15) is 4.88 Å². The maximum absolute atomic E-state index is 12.7. The van der Waals surface area contributed by atoms with Crippen molar-refractivity contribution in [1.82, 2.24) is 24.6 Å². The second-order valence-electron chi connectivity index (χ2n) is 4.96. The van der Waals surface area contributed by atoms with Gasteiger partial charge in [0.05, 0.1) is 11.7 Å². The predicted molar refractivity (Wildman–Crippen MR) is 76.0 cm³/mol. The highest BCUT2D eigenvalue weighted by Gasteiger charge is 2.35. The molecule has 21 heavy (non-hydrogen) atoms. The summed E-state index contributed by atoms with van der Waals surface area (Å²) < 4.78 is 9.06. The summed E-state index contributed by atoms with van der Waals surface area (Å²) in [5.74, 6) is 1.19. The van der Waals surface area contributed by atoms with Crippen molar-refractivity contribution >= 4 is 17.4 Å². The number of carbonyl (C=O) groups excluding carboxylic acids is 1. The van der Waals surface area contributed by atoms with Gasteiger partial charge in [-0.2, -0.15) is 4.98 Å². The van der Waals surface area contributed by atoms with Crippen molar-refractivity contribution in [3.8, 4) is 0 Å². The Hall–Kier alpha value is -1.83. The highest BCUT2D eigenvalue weighted by atomic mass is 32.1. The lowest BCUT2D eigenvalue weighted by atomic mass is 10.2. The molecule has 0 bridgehead atoms. The minimum Gasteiger partial charge on any atom is -0.339 e. The first-order valence-corrected chi connectivity index (χ1v) is 7.96. The van der Waals surface area contributed by atoms with E-state index < -0.39 is 0 Å². The first-order chi connectivity index (χ1) is 10.2. The van der Waals surface area contributed by atoms with Crippen molar-refractivity contribution in [2.24, 2.45) is 0 Å². The van der Waals surface area contributed by atoms with Crippen LogP contribution >= 0.6 is 11.5 Å². The van der Waals surface area contributed by atoms with E-state index in [1.807, 2.05) is 18.7 Å². The number of rotatable bonds is 4. The summed E-state index contributed by atoms with van der Waals surface area (Å²) in [5.41, 5.74) is 0.762. The summed E-state index contributed by atoms with van der Waals surface area (Å²) in [7, 11) is 0. The molecule has 1 amide bonds. The van der Waals surface area contributed by atoms with Crippen LogP contribution in [0.1, 0.15) is 59.8 Å². The molecule has 112 valence electrons. The fourth-order valence-corrected chi connectivity index (χ4v) is 3.26. The van der Waals surface area contributed by atoms with Gasteiger partial charge in [-0.3, -0.25) is 4.79 Å². The SMILES string of the molecule is CCc1nc([C@H]2CCCN2C(=O)c2snnc2CC)no1. The average molecular weight is 307 g/mol. The first kappa shape index (κ1) is 14.1. The molecular weight excluding hydrogens is 290 g/mol. The molecule has 0 aliphatic carbocycles. The lowest BCUT2D eigenvalue weighted by Crippen LogP contribution is -2.31. The van der Waals surface area contributed by atoms with Crippen LogP contribution in [-0.4, -0.2) is 37.1 Å². The predicted octanol–water partition coefficient (Wildman–Crippen LogP) is 2.02. The molecule has 1 fully saturated rings. The third kappa shape index (κ3) is 2.55. The highest BCUT2D eigenvalue weighted by molar-refractivity contribution is 7.08. The van der Waals surface area contributed by atoms with Crippen LogP contribution in [0.15, 0.2) is 4.52 Å². The number of nitrogens with zero attached hydrogens (tertiary/aromatic N) is 5. The molecule has 1 aliphatic rings. The molecule has 2 aromatic rings. The number of aromatic nitrogens is 4. The fourth-order valence-electron chi connectivity index (χ4n) is 2.56. The molecule has 3 heterocycles. The van der Waals surface area contributed by atoms with Crippen LogP contribution in [0.3, 0.4) is 0 Å². The van der Waals surface area contributed by atoms with Gasteiger partial charge in [0.15, 0.2) is 5.82 Å². The molecular formula is C13H17N5O2S. The van der Waals surface area contributed by atoms with Crippen molar-refractivity contribution in [1.29, 1.82) is 0 Å². The van der Waals surface area contributed by atoms with E-state index in [1.54, 1.807) is 0 Å². The Morgan fingerprint density at radius 2 is 2.29 bits per heavy atom. The summed E-state index contributed by atoms with van der Waals surface area (Å²) in [6.07, 6.45) is 3.22. The number of hydrogen-bond donors (Lipinski definition) is 0. The van der Waals surface area contributed by atoms with E-state index in [2.05, 4.69) is 19.7 Å². The zero-order chi connectivity index (χ0) is 14.8. The number of carbonyl (C=O) groups is 1. The summed E-state index contributed by atoms with van der Waals surface area (Å²) in [6, 6.07) is -0.103. The molecule has 0 aromatic carbocycles. The summed E-state index contributed by atoms with van der Waals surface area (Å²) >= 11 is 1.16. The van der Waals surface area contributed by atoms with E-state index in [1.165, 1.54) is 0 Å². The van der Waals surface area contributed by atoms with Gasteiger partial charge in [-0.15, -0.1) is 5.10 Å². The second kappa shape index (κ2) is 5.88. The zero-order valence-electron chi connectivity index (χ0n) is 12.1. The minimum atomic E-state index is -0.103. The van der Waals surface area contributed by atoms with Gasteiger partial charge in [-0.1, -0.05) is 23.5 Å². The van der Waals surface area contributed by atoms with E-state index in [9.17, 15) is 4.79 Å². The maximum atomic E-state index is 12.7. The Morgan fingerprint density at radius 1 is 1.43 bits per heavy atom. The number of amides is 1. The zero-order valence-corrected chi connectivity index (χ0v) is 12.9. The molecule has 2 aromatic heterocycles. The van der Waals surface area contributed by atoms with E-state index in [4.69, 9.17) is 4.52 Å². The second-order valence-corrected chi connectivity index (χ2v) is 5.71. The molecule has 1 atom stereocenters. The largest absolute Gasteiger partial charge is 0.339 e. The Balaban J connectivity index is 1.85. The van der Waals surface area contributed by atoms with Crippen LogP contribution in [0.25, 0.3) is 0 Å². The van der Waals surface area contributed by atoms with Gasteiger partial charge in [0.2, 0.25) is 5.89 Å². The average Bonchev–Trinajstić information content (AvgIpc) is 3.23. The van der Waals surface area contributed by atoms with Crippen LogP contribution in [0.5, 0.6) is 0 Å². The monoisotopic (exact) mass is 307 g/mol. The first-order valence-electron chi connectivity index (χ1n) is 7.19. The minimum absolute atomic E-state index is 0.0211. The maximum Gasteiger partial charge on any atom is 0.268 e. The number of hydrogen-bond acceptors (Lipinski definition) is 7. The molecule has 3 rings (SSSR count). The fraction of sp³-hybridized carbons (Fsp3) is 0.615. The summed E-state index contributed by atoms with van der Waals surface area (Å²) in [4.78, 5) is 19.5. The molecule has 0 saturated carbocycles. The van der Waals surface area contributed by atoms with Crippen LogP contribution in [0.4, 0.5) is 0 Å². The molecule has 1 aliphatic heterocycles. The van der Waals surface area contributed by atoms with Crippen molar-refractivity contribution in [3.63, 3.8) is 0 Å².